The molecule has 5 heteroatoms. The average molecular weight is 494 g/mol. The number of hydrogen-bond acceptors (Lipinski definition) is 5. The van der Waals surface area contributed by atoms with Gasteiger partial charge in [-0.2, -0.15) is 0 Å². The number of nitrogens with zero attached hydrogens (tertiary/aromatic N) is 1. The van der Waals surface area contributed by atoms with Gasteiger partial charge in [0.15, 0.2) is 0 Å². The number of esters is 1. The Kier molecular flexibility index (Phi) is 7.31. The van der Waals surface area contributed by atoms with Crippen molar-refractivity contribution in [2.75, 3.05) is 6.61 Å². The molecule has 1 aliphatic carbocycles. The normalized spacial score (nSPS) is 21.2. The summed E-state index contributed by atoms with van der Waals surface area (Å²) in [7, 11) is 0. The van der Waals surface area contributed by atoms with Crippen LogP contribution in [0.1, 0.15) is 55.2 Å². The third-order valence-corrected chi connectivity index (χ3v) is 7.21. The lowest BCUT2D eigenvalue weighted by atomic mass is 9.66. The van der Waals surface area contributed by atoms with Crippen molar-refractivity contribution in [2.45, 2.75) is 45.1 Å². The van der Waals surface area contributed by atoms with E-state index in [0.29, 0.717) is 30.7 Å². The number of rotatable bonds is 7. The van der Waals surface area contributed by atoms with Gasteiger partial charge in [0.25, 0.3) is 0 Å². The lowest BCUT2D eigenvalue weighted by Crippen LogP contribution is -2.41. The van der Waals surface area contributed by atoms with Gasteiger partial charge in [-0.25, -0.2) is 4.79 Å². The van der Waals surface area contributed by atoms with Crippen LogP contribution in [0.15, 0.2) is 101 Å². The Bertz CT molecular complexity index is 1330. The van der Waals surface area contributed by atoms with Gasteiger partial charge in [-0.1, -0.05) is 72.8 Å². The SMILES string of the molecule is CCOc1ccc([C@@H]2C(C(=O)OCc3ccccc3)=C(C)N=C3C[C@H](c4ccccc4)CC(=O)C32)cc1. The fraction of sp³-hybridized carbons (Fsp3) is 0.281. The van der Waals surface area contributed by atoms with Crippen LogP contribution >= 0.6 is 0 Å². The molecule has 0 radical (unpaired) electrons. The van der Waals surface area contributed by atoms with E-state index in [-0.39, 0.29) is 18.3 Å². The summed E-state index contributed by atoms with van der Waals surface area (Å²) in [4.78, 5) is 32.1. The zero-order valence-corrected chi connectivity index (χ0v) is 21.2. The first-order chi connectivity index (χ1) is 18.0. The molecule has 188 valence electrons. The molecule has 0 amide bonds. The number of ether oxygens (including phenoxy) is 2. The minimum absolute atomic E-state index is 0.0871. The van der Waals surface area contributed by atoms with Gasteiger partial charge < -0.3 is 9.47 Å². The second kappa shape index (κ2) is 11.0. The zero-order valence-electron chi connectivity index (χ0n) is 21.2. The van der Waals surface area contributed by atoms with Crippen molar-refractivity contribution in [3.8, 4) is 5.75 Å². The lowest BCUT2D eigenvalue weighted by Gasteiger charge is -2.38. The molecule has 1 aliphatic heterocycles. The molecule has 3 aromatic carbocycles. The van der Waals surface area contributed by atoms with E-state index in [9.17, 15) is 9.59 Å². The summed E-state index contributed by atoms with van der Waals surface area (Å²) in [6.45, 7) is 4.52. The number of carbonyl (C=O) groups excluding carboxylic acids is 2. The molecular formula is C32H31NO4. The van der Waals surface area contributed by atoms with Crippen molar-refractivity contribution in [1.29, 1.82) is 0 Å². The predicted octanol–water partition coefficient (Wildman–Crippen LogP) is 6.40. The molecule has 3 atom stereocenters. The standard InChI is InChI=1S/C32H31NO4/c1-3-36-26-16-14-24(15-17-26)30-29(32(35)37-20-22-10-6-4-7-11-22)21(2)33-27-18-25(19-28(34)31(27)30)23-12-8-5-9-13-23/h4-17,25,30-31H,3,18-20H2,1-2H3/t25-,30+,31?/m0/s1. The highest BCUT2D eigenvalue weighted by Crippen LogP contribution is 2.46. The second-order valence-corrected chi connectivity index (χ2v) is 9.60. The van der Waals surface area contributed by atoms with E-state index in [2.05, 4.69) is 12.1 Å². The highest BCUT2D eigenvalue weighted by molar-refractivity contribution is 6.12. The number of aliphatic imine (C=N–C) groups is 1. The van der Waals surface area contributed by atoms with Crippen LogP contribution in [0, 0.1) is 5.92 Å². The lowest BCUT2D eigenvalue weighted by molar-refractivity contribution is -0.140. The molecule has 1 heterocycles. The Morgan fingerprint density at radius 3 is 2.22 bits per heavy atom. The summed E-state index contributed by atoms with van der Waals surface area (Å²) < 4.78 is 11.4. The number of hydrogen-bond donors (Lipinski definition) is 0. The first-order valence-corrected chi connectivity index (χ1v) is 12.8. The molecule has 1 saturated carbocycles. The number of ketones is 1. The molecule has 0 spiro atoms. The average Bonchev–Trinajstić information content (AvgIpc) is 2.92. The Labute approximate surface area is 217 Å². The Balaban J connectivity index is 1.51. The summed E-state index contributed by atoms with van der Waals surface area (Å²) in [6.07, 6.45) is 1.12. The van der Waals surface area contributed by atoms with Gasteiger partial charge in [-0.3, -0.25) is 9.79 Å². The van der Waals surface area contributed by atoms with E-state index in [1.54, 1.807) is 0 Å². The molecule has 0 saturated heterocycles. The number of allylic oxidation sites excluding steroid dienone is 1. The summed E-state index contributed by atoms with van der Waals surface area (Å²) >= 11 is 0. The zero-order chi connectivity index (χ0) is 25.8. The topological polar surface area (TPSA) is 65.0 Å². The first-order valence-electron chi connectivity index (χ1n) is 12.8. The fourth-order valence-electron chi connectivity index (χ4n) is 5.50. The van der Waals surface area contributed by atoms with E-state index in [0.717, 1.165) is 28.2 Å². The van der Waals surface area contributed by atoms with E-state index < -0.39 is 17.8 Å². The van der Waals surface area contributed by atoms with E-state index in [1.807, 2.05) is 86.6 Å². The molecule has 1 unspecified atom stereocenters. The number of benzene rings is 3. The van der Waals surface area contributed by atoms with Gasteiger partial charge >= 0.3 is 5.97 Å². The number of carbonyl (C=O) groups is 2. The van der Waals surface area contributed by atoms with Crippen molar-refractivity contribution < 1.29 is 19.1 Å². The largest absolute Gasteiger partial charge is 0.494 e. The van der Waals surface area contributed by atoms with E-state index in [4.69, 9.17) is 14.5 Å². The van der Waals surface area contributed by atoms with Crippen molar-refractivity contribution in [3.63, 3.8) is 0 Å². The minimum atomic E-state index is -0.485. The number of Topliss-reactive ketones (excluding diaryl/α,β-unsaturated/α-hetero) is 1. The molecule has 5 rings (SSSR count). The Morgan fingerprint density at radius 2 is 1.54 bits per heavy atom. The van der Waals surface area contributed by atoms with Crippen molar-refractivity contribution in [1.82, 2.24) is 0 Å². The quantitative estimate of drug-likeness (QED) is 0.357. The third kappa shape index (κ3) is 5.26. The van der Waals surface area contributed by atoms with E-state index >= 15 is 0 Å². The monoisotopic (exact) mass is 493 g/mol. The van der Waals surface area contributed by atoms with Gasteiger partial charge in [0.1, 0.15) is 18.1 Å². The molecule has 1 fully saturated rings. The summed E-state index contributed by atoms with van der Waals surface area (Å²) in [5, 5.41) is 0. The highest BCUT2D eigenvalue weighted by atomic mass is 16.5. The van der Waals surface area contributed by atoms with Crippen LogP contribution in [-0.2, 0) is 20.9 Å². The van der Waals surface area contributed by atoms with Crippen molar-refractivity contribution in [2.24, 2.45) is 10.9 Å². The molecule has 5 nitrogen and oxygen atoms in total. The predicted molar refractivity (Wildman–Crippen MR) is 144 cm³/mol. The number of fused-ring (bicyclic) bond motifs is 1. The molecular weight excluding hydrogens is 462 g/mol. The van der Waals surface area contributed by atoms with Gasteiger partial charge in [-0.05, 0) is 55.0 Å². The summed E-state index contributed by atoms with van der Waals surface area (Å²) in [5.74, 6) is -0.413. The van der Waals surface area contributed by atoms with Gasteiger partial charge in [0, 0.05) is 23.7 Å². The molecule has 0 aromatic heterocycles. The third-order valence-electron chi connectivity index (χ3n) is 7.21. The van der Waals surface area contributed by atoms with Crippen LogP contribution in [0.2, 0.25) is 0 Å². The molecule has 2 aliphatic rings. The van der Waals surface area contributed by atoms with E-state index in [1.165, 1.54) is 0 Å². The Morgan fingerprint density at radius 1 is 0.865 bits per heavy atom. The van der Waals surface area contributed by atoms with Crippen LogP contribution in [-0.4, -0.2) is 24.1 Å². The van der Waals surface area contributed by atoms with Crippen molar-refractivity contribution in [3.05, 3.63) is 113 Å². The van der Waals surface area contributed by atoms with Crippen LogP contribution < -0.4 is 4.74 Å². The summed E-state index contributed by atoms with van der Waals surface area (Å²) in [6, 6.07) is 27.4. The molecule has 0 bridgehead atoms. The first kappa shape index (κ1) is 24.7. The Hall–Kier alpha value is -3.99. The molecule has 3 aromatic rings. The fourth-order valence-corrected chi connectivity index (χ4v) is 5.50. The highest BCUT2D eigenvalue weighted by Gasteiger charge is 2.46. The smallest absolute Gasteiger partial charge is 0.336 e. The minimum Gasteiger partial charge on any atom is -0.494 e. The maximum Gasteiger partial charge on any atom is 0.336 e. The van der Waals surface area contributed by atoms with Crippen LogP contribution in [0.4, 0.5) is 0 Å². The van der Waals surface area contributed by atoms with Gasteiger partial charge in [0.05, 0.1) is 18.1 Å². The maximum absolute atomic E-state index is 13.7. The van der Waals surface area contributed by atoms with Gasteiger partial charge in [-0.15, -0.1) is 0 Å². The van der Waals surface area contributed by atoms with Crippen molar-refractivity contribution >= 4 is 17.5 Å². The van der Waals surface area contributed by atoms with Crippen LogP contribution in [0.5, 0.6) is 5.75 Å². The maximum atomic E-state index is 13.7. The van der Waals surface area contributed by atoms with Crippen LogP contribution in [0.25, 0.3) is 0 Å². The molecule has 0 N–H and O–H groups in total. The van der Waals surface area contributed by atoms with Crippen LogP contribution in [0.3, 0.4) is 0 Å². The summed E-state index contributed by atoms with van der Waals surface area (Å²) in [5.41, 5.74) is 4.86. The molecule has 37 heavy (non-hydrogen) atoms. The van der Waals surface area contributed by atoms with Gasteiger partial charge in [0.2, 0.25) is 0 Å². The second-order valence-electron chi connectivity index (χ2n) is 9.60.